The van der Waals surface area contributed by atoms with Crippen LogP contribution in [0.15, 0.2) is 78.9 Å². The fourth-order valence-corrected chi connectivity index (χ4v) is 2.95. The molecule has 0 fully saturated rings. The Morgan fingerprint density at radius 2 is 1.72 bits per heavy atom. The average Bonchev–Trinajstić information content (AvgIpc) is 2.77. The van der Waals surface area contributed by atoms with Crippen molar-refractivity contribution in [2.45, 2.75) is 13.5 Å². The molecule has 3 rings (SSSR count). The summed E-state index contributed by atoms with van der Waals surface area (Å²) in [5.41, 5.74) is 2.63. The van der Waals surface area contributed by atoms with E-state index in [9.17, 15) is 14.4 Å². The van der Waals surface area contributed by atoms with E-state index in [0.717, 1.165) is 11.1 Å². The van der Waals surface area contributed by atoms with Gasteiger partial charge in [0.1, 0.15) is 5.75 Å². The van der Waals surface area contributed by atoms with E-state index in [1.165, 1.54) is 19.1 Å². The van der Waals surface area contributed by atoms with E-state index in [1.54, 1.807) is 54.6 Å². The third-order valence-electron chi connectivity index (χ3n) is 4.31. The minimum atomic E-state index is -0.458. The van der Waals surface area contributed by atoms with Crippen LogP contribution in [0.1, 0.15) is 28.4 Å². The smallest absolute Gasteiger partial charge is 0.308 e. The van der Waals surface area contributed by atoms with Crippen LogP contribution in [-0.4, -0.2) is 17.8 Å². The third kappa shape index (κ3) is 7.11. The van der Waals surface area contributed by atoms with Crippen molar-refractivity contribution in [1.82, 2.24) is 5.32 Å². The highest BCUT2D eigenvalue weighted by molar-refractivity contribution is 6.30. The predicted octanol–water partition coefficient (Wildman–Crippen LogP) is 4.85. The lowest BCUT2D eigenvalue weighted by Gasteiger charge is -2.09. The summed E-state index contributed by atoms with van der Waals surface area (Å²) in [7, 11) is 0. The number of hydrogen-bond acceptors (Lipinski definition) is 4. The first-order valence-corrected chi connectivity index (χ1v) is 10.2. The number of halogens is 1. The normalized spacial score (nSPS) is 10.6. The van der Waals surface area contributed by atoms with Gasteiger partial charge in [0.25, 0.3) is 5.91 Å². The standard InChI is InChI=1S/C25H21ClN2O4/c1-17(29)32-23-7-3-5-20(15-23)25(31)28-22-6-2-4-19(14-22)16-27-24(30)13-10-18-8-11-21(26)12-9-18/h2-15H,16H2,1H3,(H,27,30)(H,28,31)/b13-10+. The van der Waals surface area contributed by atoms with Crippen molar-refractivity contribution in [3.8, 4) is 5.75 Å². The number of esters is 1. The molecule has 0 aliphatic heterocycles. The van der Waals surface area contributed by atoms with Crippen LogP contribution in [0.3, 0.4) is 0 Å². The van der Waals surface area contributed by atoms with Gasteiger partial charge in [-0.05, 0) is 59.7 Å². The monoisotopic (exact) mass is 448 g/mol. The molecule has 0 saturated carbocycles. The second-order valence-corrected chi connectivity index (χ2v) is 7.32. The Kier molecular flexibility index (Phi) is 7.78. The summed E-state index contributed by atoms with van der Waals surface area (Å²) in [4.78, 5) is 35.7. The Hall–Kier alpha value is -3.90. The third-order valence-corrected chi connectivity index (χ3v) is 4.56. The first-order chi connectivity index (χ1) is 15.4. The summed E-state index contributed by atoms with van der Waals surface area (Å²) < 4.78 is 5.01. The Labute approximate surface area is 190 Å². The van der Waals surface area contributed by atoms with Crippen LogP contribution in [0.4, 0.5) is 5.69 Å². The maximum atomic E-state index is 12.5. The molecule has 0 aromatic heterocycles. The predicted molar refractivity (Wildman–Crippen MR) is 124 cm³/mol. The lowest BCUT2D eigenvalue weighted by Crippen LogP contribution is -2.20. The second kappa shape index (κ2) is 10.9. The van der Waals surface area contributed by atoms with Gasteiger partial charge in [-0.25, -0.2) is 0 Å². The van der Waals surface area contributed by atoms with Gasteiger partial charge < -0.3 is 15.4 Å². The maximum Gasteiger partial charge on any atom is 0.308 e. The van der Waals surface area contributed by atoms with Crippen molar-refractivity contribution >= 4 is 41.1 Å². The van der Waals surface area contributed by atoms with E-state index in [2.05, 4.69) is 10.6 Å². The summed E-state index contributed by atoms with van der Waals surface area (Å²) in [6, 6.07) is 20.7. The van der Waals surface area contributed by atoms with Gasteiger partial charge in [0.2, 0.25) is 5.91 Å². The highest BCUT2D eigenvalue weighted by atomic mass is 35.5. The SMILES string of the molecule is CC(=O)Oc1cccc(C(=O)Nc2cccc(CNC(=O)/C=C/c3ccc(Cl)cc3)c2)c1. The van der Waals surface area contributed by atoms with Gasteiger partial charge >= 0.3 is 5.97 Å². The van der Waals surface area contributed by atoms with Gasteiger partial charge in [-0.3, -0.25) is 14.4 Å². The summed E-state index contributed by atoms with van der Waals surface area (Å²) in [5.74, 6) is -0.739. The Morgan fingerprint density at radius 1 is 0.969 bits per heavy atom. The molecule has 0 radical (unpaired) electrons. The maximum absolute atomic E-state index is 12.5. The molecule has 0 aliphatic rings. The number of nitrogens with one attached hydrogen (secondary N) is 2. The minimum absolute atomic E-state index is 0.239. The van der Waals surface area contributed by atoms with Crippen LogP contribution in [0.25, 0.3) is 6.08 Å². The van der Waals surface area contributed by atoms with Crippen molar-refractivity contribution in [2.24, 2.45) is 0 Å². The molecule has 3 aromatic rings. The minimum Gasteiger partial charge on any atom is -0.427 e. The van der Waals surface area contributed by atoms with Crippen molar-refractivity contribution in [1.29, 1.82) is 0 Å². The Bertz CT molecular complexity index is 1160. The molecular formula is C25H21ClN2O4. The Morgan fingerprint density at radius 3 is 2.47 bits per heavy atom. The molecule has 162 valence electrons. The van der Waals surface area contributed by atoms with Gasteiger partial charge in [0.05, 0.1) is 0 Å². The summed E-state index contributed by atoms with van der Waals surface area (Å²) in [6.45, 7) is 1.60. The molecule has 0 aliphatic carbocycles. The summed E-state index contributed by atoms with van der Waals surface area (Å²) in [6.07, 6.45) is 3.15. The first kappa shape index (κ1) is 22.8. The number of carbonyl (C=O) groups is 3. The number of rotatable bonds is 7. The molecule has 0 unspecified atom stereocenters. The zero-order valence-corrected chi connectivity index (χ0v) is 18.1. The molecule has 6 nitrogen and oxygen atoms in total. The molecule has 0 atom stereocenters. The van der Waals surface area contributed by atoms with Crippen molar-refractivity contribution in [2.75, 3.05) is 5.32 Å². The van der Waals surface area contributed by atoms with Crippen LogP contribution in [0, 0.1) is 0 Å². The van der Waals surface area contributed by atoms with Crippen molar-refractivity contribution in [3.05, 3.63) is 101 Å². The average molecular weight is 449 g/mol. The van der Waals surface area contributed by atoms with Gasteiger partial charge in [0, 0.05) is 35.8 Å². The molecule has 2 N–H and O–H groups in total. The second-order valence-electron chi connectivity index (χ2n) is 6.88. The van der Waals surface area contributed by atoms with E-state index in [1.807, 2.05) is 18.2 Å². The lowest BCUT2D eigenvalue weighted by molar-refractivity contribution is -0.131. The van der Waals surface area contributed by atoms with E-state index in [4.69, 9.17) is 16.3 Å². The van der Waals surface area contributed by atoms with Gasteiger partial charge in [0.15, 0.2) is 0 Å². The fraction of sp³-hybridized carbons (Fsp3) is 0.0800. The van der Waals surface area contributed by atoms with E-state index < -0.39 is 5.97 Å². The molecular weight excluding hydrogens is 428 g/mol. The van der Waals surface area contributed by atoms with E-state index in [-0.39, 0.29) is 11.8 Å². The molecule has 2 amide bonds. The van der Waals surface area contributed by atoms with Crippen LogP contribution in [-0.2, 0) is 16.1 Å². The van der Waals surface area contributed by atoms with Crippen LogP contribution in [0.2, 0.25) is 5.02 Å². The lowest BCUT2D eigenvalue weighted by atomic mass is 10.1. The molecule has 0 heterocycles. The molecule has 3 aromatic carbocycles. The van der Waals surface area contributed by atoms with Gasteiger partial charge in [-0.15, -0.1) is 0 Å². The number of ether oxygens (including phenoxy) is 1. The van der Waals surface area contributed by atoms with Gasteiger partial charge in [-0.2, -0.15) is 0 Å². The van der Waals surface area contributed by atoms with Crippen LogP contribution >= 0.6 is 11.6 Å². The molecule has 0 saturated heterocycles. The molecule has 32 heavy (non-hydrogen) atoms. The number of anilines is 1. The number of carbonyl (C=O) groups excluding carboxylic acids is 3. The van der Waals surface area contributed by atoms with Crippen molar-refractivity contribution in [3.63, 3.8) is 0 Å². The van der Waals surface area contributed by atoms with E-state index in [0.29, 0.717) is 28.6 Å². The zero-order chi connectivity index (χ0) is 22.9. The van der Waals surface area contributed by atoms with Crippen LogP contribution < -0.4 is 15.4 Å². The Balaban J connectivity index is 1.57. The fourth-order valence-electron chi connectivity index (χ4n) is 2.82. The highest BCUT2D eigenvalue weighted by Gasteiger charge is 2.09. The summed E-state index contributed by atoms with van der Waals surface area (Å²) in [5, 5.41) is 6.24. The topological polar surface area (TPSA) is 84.5 Å². The number of amides is 2. The molecule has 0 spiro atoms. The molecule has 7 heteroatoms. The largest absolute Gasteiger partial charge is 0.427 e. The quantitative estimate of drug-likeness (QED) is 0.307. The first-order valence-electron chi connectivity index (χ1n) is 9.79. The van der Waals surface area contributed by atoms with Gasteiger partial charge in [-0.1, -0.05) is 41.9 Å². The molecule has 0 bridgehead atoms. The van der Waals surface area contributed by atoms with Crippen molar-refractivity contribution < 1.29 is 19.1 Å². The zero-order valence-electron chi connectivity index (χ0n) is 17.3. The van der Waals surface area contributed by atoms with Crippen LogP contribution in [0.5, 0.6) is 5.75 Å². The number of benzene rings is 3. The van der Waals surface area contributed by atoms with E-state index >= 15 is 0 Å². The highest BCUT2D eigenvalue weighted by Crippen LogP contribution is 2.17. The summed E-state index contributed by atoms with van der Waals surface area (Å²) >= 11 is 5.85. The number of hydrogen-bond donors (Lipinski definition) is 2.